The number of nitrogens with zero attached hydrogens (tertiary/aromatic N) is 4. The Labute approximate surface area is 126 Å². The van der Waals surface area contributed by atoms with Crippen molar-refractivity contribution in [3.8, 4) is 0 Å². The van der Waals surface area contributed by atoms with Gasteiger partial charge in [0.15, 0.2) is 9.84 Å². The molecule has 0 saturated heterocycles. The second kappa shape index (κ2) is 6.50. The van der Waals surface area contributed by atoms with E-state index in [0.29, 0.717) is 18.4 Å². The van der Waals surface area contributed by atoms with Crippen molar-refractivity contribution < 1.29 is 18.3 Å². The van der Waals surface area contributed by atoms with Crippen LogP contribution in [0.3, 0.4) is 0 Å². The number of fused-ring (bicyclic) bond motifs is 1. The van der Waals surface area contributed by atoms with Crippen LogP contribution in [0.15, 0.2) is 35.6 Å². The molecule has 0 saturated carbocycles. The summed E-state index contributed by atoms with van der Waals surface area (Å²) in [5.41, 5.74) is 9.09. The van der Waals surface area contributed by atoms with Crippen molar-refractivity contribution in [2.24, 2.45) is 5.11 Å². The number of hydrogen-bond acceptors (Lipinski definition) is 4. The van der Waals surface area contributed by atoms with Crippen LogP contribution in [0.2, 0.25) is 0 Å². The summed E-state index contributed by atoms with van der Waals surface area (Å²) < 4.78 is 25.0. The van der Waals surface area contributed by atoms with Gasteiger partial charge in [0.2, 0.25) is 0 Å². The highest BCUT2D eigenvalue weighted by Crippen LogP contribution is 2.20. The van der Waals surface area contributed by atoms with Crippen LogP contribution in [0.1, 0.15) is 16.8 Å². The molecule has 9 heteroatoms. The van der Waals surface area contributed by atoms with Gasteiger partial charge in [-0.25, -0.2) is 13.2 Å². The van der Waals surface area contributed by atoms with Crippen molar-refractivity contribution in [1.29, 1.82) is 0 Å². The number of aromatic nitrogens is 1. The molecule has 8 nitrogen and oxygen atoms in total. The molecule has 22 heavy (non-hydrogen) atoms. The van der Waals surface area contributed by atoms with Crippen molar-refractivity contribution >= 4 is 26.7 Å². The Hall–Kier alpha value is -2.51. The molecular formula is C13H14N4O4S. The second-order valence-electron chi connectivity index (χ2n) is 4.71. The van der Waals surface area contributed by atoms with E-state index in [2.05, 4.69) is 10.0 Å². The zero-order valence-corrected chi connectivity index (χ0v) is 12.4. The second-order valence-corrected chi connectivity index (χ2v) is 6.87. The van der Waals surface area contributed by atoms with E-state index in [-0.39, 0.29) is 11.3 Å². The van der Waals surface area contributed by atoms with Crippen molar-refractivity contribution in [3.63, 3.8) is 0 Å². The van der Waals surface area contributed by atoms with Gasteiger partial charge in [0.25, 0.3) is 0 Å². The number of aryl methyl sites for hydroxylation is 1. The van der Waals surface area contributed by atoms with Gasteiger partial charge in [0.05, 0.1) is 11.3 Å². The lowest BCUT2D eigenvalue weighted by Crippen LogP contribution is -2.11. The minimum Gasteiger partial charge on any atom is -0.478 e. The van der Waals surface area contributed by atoms with Crippen LogP contribution in [0, 0.1) is 0 Å². The third-order valence-electron chi connectivity index (χ3n) is 3.22. The zero-order valence-electron chi connectivity index (χ0n) is 11.6. The standard InChI is InChI=1S/C13H14N4O4S/c14-16-15-9-22(20,21)8-2-6-17-7-5-10-11(13(18)19)3-1-4-12(10)17/h1,3-5,7H,2,6,8-9H2,(H,18,19). The highest BCUT2D eigenvalue weighted by Gasteiger charge is 2.12. The summed E-state index contributed by atoms with van der Waals surface area (Å²) in [7, 11) is -3.40. The lowest BCUT2D eigenvalue weighted by atomic mass is 10.1. The first-order chi connectivity index (χ1) is 10.4. The van der Waals surface area contributed by atoms with E-state index >= 15 is 0 Å². The predicted molar refractivity (Wildman–Crippen MR) is 81.3 cm³/mol. The minimum atomic E-state index is -3.40. The van der Waals surface area contributed by atoms with Gasteiger partial charge in [-0.1, -0.05) is 11.2 Å². The van der Waals surface area contributed by atoms with Crippen LogP contribution in [0.5, 0.6) is 0 Å². The van der Waals surface area contributed by atoms with Gasteiger partial charge in [0, 0.05) is 28.6 Å². The normalized spacial score (nSPS) is 11.3. The third kappa shape index (κ3) is 3.57. The number of carbonyl (C=O) groups is 1. The number of benzene rings is 1. The minimum absolute atomic E-state index is 0.0929. The van der Waals surface area contributed by atoms with Gasteiger partial charge >= 0.3 is 5.97 Å². The summed E-state index contributed by atoms with van der Waals surface area (Å²) in [6.45, 7) is 0.433. The molecule has 0 unspecified atom stereocenters. The highest BCUT2D eigenvalue weighted by atomic mass is 32.2. The van der Waals surface area contributed by atoms with Crippen LogP contribution in [-0.2, 0) is 16.4 Å². The number of rotatable bonds is 7. The van der Waals surface area contributed by atoms with E-state index in [4.69, 9.17) is 10.6 Å². The molecule has 0 fully saturated rings. The topological polar surface area (TPSA) is 125 Å². The molecule has 1 N–H and O–H groups in total. The fourth-order valence-corrected chi connectivity index (χ4v) is 3.16. The van der Waals surface area contributed by atoms with Gasteiger partial charge in [0.1, 0.15) is 5.88 Å². The summed E-state index contributed by atoms with van der Waals surface area (Å²) in [4.78, 5) is 13.6. The Morgan fingerprint density at radius 1 is 1.36 bits per heavy atom. The van der Waals surface area contributed by atoms with Gasteiger partial charge in [-0.15, -0.1) is 0 Å². The summed E-state index contributed by atoms with van der Waals surface area (Å²) in [6, 6.07) is 6.67. The Balaban J connectivity index is 2.12. The Bertz CT molecular complexity index is 850. The van der Waals surface area contributed by atoms with Crippen LogP contribution in [0.25, 0.3) is 21.3 Å². The van der Waals surface area contributed by atoms with Crippen LogP contribution in [-0.4, -0.2) is 35.7 Å². The van der Waals surface area contributed by atoms with E-state index in [1.54, 1.807) is 24.4 Å². The van der Waals surface area contributed by atoms with E-state index in [1.165, 1.54) is 6.07 Å². The molecule has 2 rings (SSSR count). The van der Waals surface area contributed by atoms with Gasteiger partial charge < -0.3 is 9.67 Å². The van der Waals surface area contributed by atoms with E-state index in [0.717, 1.165) is 5.52 Å². The molecule has 116 valence electrons. The number of carboxylic acids is 1. The molecule has 0 aliphatic carbocycles. The Morgan fingerprint density at radius 3 is 2.82 bits per heavy atom. The first kappa shape index (κ1) is 15.9. The molecule has 0 aliphatic rings. The molecule has 0 aliphatic heterocycles. The smallest absolute Gasteiger partial charge is 0.336 e. The number of sulfone groups is 1. The molecule has 1 aromatic heterocycles. The zero-order chi connectivity index (χ0) is 16.2. The quantitative estimate of drug-likeness (QED) is 0.477. The number of carboxylic acid groups (broad SMARTS) is 1. The van der Waals surface area contributed by atoms with Crippen molar-refractivity contribution in [3.05, 3.63) is 46.5 Å². The molecule has 0 atom stereocenters. The molecule has 2 aromatic rings. The fourth-order valence-electron chi connectivity index (χ4n) is 2.24. The molecule has 0 radical (unpaired) electrons. The Morgan fingerprint density at radius 2 is 2.14 bits per heavy atom. The third-order valence-corrected chi connectivity index (χ3v) is 4.64. The maximum Gasteiger partial charge on any atom is 0.336 e. The summed E-state index contributed by atoms with van der Waals surface area (Å²) >= 11 is 0. The molecule has 0 spiro atoms. The maximum atomic E-state index is 11.6. The number of hydrogen-bond donors (Lipinski definition) is 1. The summed E-state index contributed by atoms with van der Waals surface area (Å²) in [6.07, 6.45) is 2.08. The SMILES string of the molecule is [N-]=[N+]=NCS(=O)(=O)CCCn1ccc2c(C(=O)O)cccc21. The first-order valence-corrected chi connectivity index (χ1v) is 8.29. The monoisotopic (exact) mass is 322 g/mol. The van der Waals surface area contributed by atoms with Gasteiger partial charge in [-0.3, -0.25) is 0 Å². The average Bonchev–Trinajstić information content (AvgIpc) is 2.88. The summed E-state index contributed by atoms with van der Waals surface area (Å²) in [5, 5.41) is 12.8. The van der Waals surface area contributed by atoms with Crippen molar-refractivity contribution in [2.75, 3.05) is 11.6 Å². The van der Waals surface area contributed by atoms with Gasteiger partial charge in [-0.2, -0.15) is 0 Å². The van der Waals surface area contributed by atoms with Crippen LogP contribution >= 0.6 is 0 Å². The molecule has 0 bridgehead atoms. The molecule has 1 heterocycles. The highest BCUT2D eigenvalue weighted by molar-refractivity contribution is 7.91. The van der Waals surface area contributed by atoms with Crippen LogP contribution < -0.4 is 0 Å². The molecule has 1 aromatic carbocycles. The molecule has 0 amide bonds. The summed E-state index contributed by atoms with van der Waals surface area (Å²) in [5.74, 6) is -1.64. The lowest BCUT2D eigenvalue weighted by molar-refractivity contribution is 0.0699. The van der Waals surface area contributed by atoms with Crippen molar-refractivity contribution in [1.82, 2.24) is 4.57 Å². The van der Waals surface area contributed by atoms with Crippen LogP contribution in [0.4, 0.5) is 0 Å². The first-order valence-electron chi connectivity index (χ1n) is 6.47. The number of azide groups is 1. The molecular weight excluding hydrogens is 308 g/mol. The van der Waals surface area contributed by atoms with E-state index in [9.17, 15) is 13.2 Å². The Kier molecular flexibility index (Phi) is 4.69. The number of aromatic carboxylic acids is 1. The largest absolute Gasteiger partial charge is 0.478 e. The predicted octanol–water partition coefficient (Wildman–Crippen LogP) is 2.41. The van der Waals surface area contributed by atoms with E-state index in [1.807, 2.05) is 4.57 Å². The average molecular weight is 322 g/mol. The van der Waals surface area contributed by atoms with Crippen molar-refractivity contribution in [2.45, 2.75) is 13.0 Å². The van der Waals surface area contributed by atoms with E-state index < -0.39 is 21.7 Å². The maximum absolute atomic E-state index is 11.6. The lowest BCUT2D eigenvalue weighted by Gasteiger charge is -2.06. The van der Waals surface area contributed by atoms with Gasteiger partial charge in [-0.05, 0) is 30.2 Å². The fraction of sp³-hybridized carbons (Fsp3) is 0.308.